The van der Waals surface area contributed by atoms with Gasteiger partial charge >= 0.3 is 0 Å². The van der Waals surface area contributed by atoms with Crippen LogP contribution in [-0.4, -0.2) is 51.5 Å². The summed E-state index contributed by atoms with van der Waals surface area (Å²) in [6, 6.07) is 11.1. The van der Waals surface area contributed by atoms with Crippen molar-refractivity contribution in [1.29, 1.82) is 0 Å². The lowest BCUT2D eigenvalue weighted by Crippen LogP contribution is -2.32. The molecule has 3 rings (SSSR count). The van der Waals surface area contributed by atoms with Crippen LogP contribution in [0.25, 0.3) is 0 Å². The molecule has 32 heavy (non-hydrogen) atoms. The second-order valence-corrected chi connectivity index (χ2v) is 9.87. The average molecular weight is 462 g/mol. The molecule has 8 nitrogen and oxygen atoms in total. The number of nitrogens with one attached hydrogen (secondary N) is 3. The second kappa shape index (κ2) is 10.8. The molecular formula is C23H31N3O5S. The highest BCUT2D eigenvalue weighted by atomic mass is 32.2. The molecular weight excluding hydrogens is 430 g/mol. The average Bonchev–Trinajstić information content (AvgIpc) is 2.73. The van der Waals surface area contributed by atoms with Crippen LogP contribution in [0, 0.1) is 6.92 Å². The van der Waals surface area contributed by atoms with Crippen LogP contribution in [0.3, 0.4) is 0 Å². The summed E-state index contributed by atoms with van der Waals surface area (Å²) >= 11 is 0. The van der Waals surface area contributed by atoms with Gasteiger partial charge in [-0.25, -0.2) is 8.42 Å². The molecule has 4 N–H and O–H groups in total. The molecule has 9 heteroatoms. The van der Waals surface area contributed by atoms with E-state index < -0.39 is 16.1 Å². The number of sulfonamides is 1. The molecule has 2 aromatic rings. The van der Waals surface area contributed by atoms with Crippen LogP contribution < -0.4 is 20.1 Å². The van der Waals surface area contributed by atoms with Gasteiger partial charge in [0.15, 0.2) is 0 Å². The number of benzene rings is 2. The van der Waals surface area contributed by atoms with Gasteiger partial charge in [-0.3, -0.25) is 9.52 Å². The standard InChI is InChI=1S/C23H31N3O5S/c1-16-5-11-21(20-10-12-22(28)25-23(16)20)31-15-19(27)14-24-13-3-4-17-6-8-18(9-7-17)26-32(2,29)30/h5-9,11,19,24,26-27H,3-4,10,12-15H2,1-2H3,(H,25,28). The largest absolute Gasteiger partial charge is 0.490 e. The number of aryl methyl sites for hydroxylation is 2. The van der Waals surface area contributed by atoms with Gasteiger partial charge in [0, 0.05) is 24.2 Å². The number of amides is 1. The van der Waals surface area contributed by atoms with Crippen LogP contribution in [0.5, 0.6) is 5.75 Å². The van der Waals surface area contributed by atoms with Crippen molar-refractivity contribution in [1.82, 2.24) is 5.32 Å². The Labute approximate surface area is 189 Å². The topological polar surface area (TPSA) is 117 Å². The zero-order valence-corrected chi connectivity index (χ0v) is 19.3. The van der Waals surface area contributed by atoms with Gasteiger partial charge in [0.1, 0.15) is 18.5 Å². The van der Waals surface area contributed by atoms with Gasteiger partial charge in [0.05, 0.1) is 11.9 Å². The highest BCUT2D eigenvalue weighted by Gasteiger charge is 2.20. The maximum Gasteiger partial charge on any atom is 0.229 e. The van der Waals surface area contributed by atoms with Crippen LogP contribution in [0.15, 0.2) is 36.4 Å². The number of carbonyl (C=O) groups is 1. The van der Waals surface area contributed by atoms with E-state index in [1.54, 1.807) is 12.1 Å². The summed E-state index contributed by atoms with van der Waals surface area (Å²) in [7, 11) is -3.26. The molecule has 1 aliphatic heterocycles. The number of hydrogen-bond donors (Lipinski definition) is 4. The van der Waals surface area contributed by atoms with E-state index in [1.807, 2.05) is 31.2 Å². The van der Waals surface area contributed by atoms with Gasteiger partial charge in [0.25, 0.3) is 0 Å². The highest BCUT2D eigenvalue weighted by Crippen LogP contribution is 2.34. The van der Waals surface area contributed by atoms with E-state index in [0.29, 0.717) is 30.8 Å². The fraction of sp³-hybridized carbons (Fsp3) is 0.435. The first-order chi connectivity index (χ1) is 15.2. The number of ether oxygens (including phenoxy) is 1. The Balaban J connectivity index is 1.36. The monoisotopic (exact) mass is 461 g/mol. The quantitative estimate of drug-likeness (QED) is 0.381. The lowest BCUT2D eigenvalue weighted by Gasteiger charge is -2.23. The molecule has 0 aromatic heterocycles. The van der Waals surface area contributed by atoms with Crippen LogP contribution in [0.4, 0.5) is 11.4 Å². The predicted molar refractivity (Wildman–Crippen MR) is 126 cm³/mol. The van der Waals surface area contributed by atoms with E-state index in [-0.39, 0.29) is 12.5 Å². The summed E-state index contributed by atoms with van der Waals surface area (Å²) in [5.41, 5.74) is 4.48. The molecule has 0 bridgehead atoms. The van der Waals surface area contributed by atoms with Crippen LogP contribution in [0.1, 0.15) is 29.5 Å². The van der Waals surface area contributed by atoms with Crippen molar-refractivity contribution in [3.63, 3.8) is 0 Å². The zero-order valence-electron chi connectivity index (χ0n) is 18.5. The number of anilines is 2. The molecule has 1 amide bonds. The summed E-state index contributed by atoms with van der Waals surface area (Å²) < 4.78 is 30.8. The van der Waals surface area contributed by atoms with Crippen molar-refractivity contribution in [2.24, 2.45) is 0 Å². The minimum absolute atomic E-state index is 0.0171. The zero-order chi connectivity index (χ0) is 23.1. The van der Waals surface area contributed by atoms with Crippen molar-refractivity contribution in [3.05, 3.63) is 53.1 Å². The molecule has 1 aliphatic rings. The Morgan fingerprint density at radius 1 is 1.16 bits per heavy atom. The molecule has 0 radical (unpaired) electrons. The van der Waals surface area contributed by atoms with Crippen LogP contribution >= 0.6 is 0 Å². The van der Waals surface area contributed by atoms with E-state index in [4.69, 9.17) is 4.74 Å². The van der Waals surface area contributed by atoms with E-state index >= 15 is 0 Å². The van der Waals surface area contributed by atoms with E-state index in [9.17, 15) is 18.3 Å². The summed E-state index contributed by atoms with van der Waals surface area (Å²) in [6.07, 6.45) is 3.29. The van der Waals surface area contributed by atoms with Gasteiger partial charge in [-0.05, 0) is 62.1 Å². The van der Waals surface area contributed by atoms with Gasteiger partial charge in [-0.15, -0.1) is 0 Å². The molecule has 2 aromatic carbocycles. The van der Waals surface area contributed by atoms with E-state index in [2.05, 4.69) is 15.4 Å². The van der Waals surface area contributed by atoms with Crippen molar-refractivity contribution in [2.75, 3.05) is 36.0 Å². The molecule has 1 unspecified atom stereocenters. The van der Waals surface area contributed by atoms with Crippen LogP contribution in [-0.2, 0) is 27.7 Å². The van der Waals surface area contributed by atoms with Crippen molar-refractivity contribution in [2.45, 2.75) is 38.7 Å². The molecule has 1 heterocycles. The van der Waals surface area contributed by atoms with Gasteiger partial charge in [0.2, 0.25) is 15.9 Å². The highest BCUT2D eigenvalue weighted by molar-refractivity contribution is 7.92. The van der Waals surface area contributed by atoms with Gasteiger partial charge < -0.3 is 20.5 Å². The number of aliphatic hydroxyl groups excluding tert-OH is 1. The summed E-state index contributed by atoms with van der Waals surface area (Å²) in [5, 5.41) is 16.4. The Bertz CT molecular complexity index is 1040. The molecule has 0 aliphatic carbocycles. The lowest BCUT2D eigenvalue weighted by atomic mass is 9.98. The summed E-state index contributed by atoms with van der Waals surface area (Å²) in [5.74, 6) is 0.724. The molecule has 0 spiro atoms. The fourth-order valence-electron chi connectivity index (χ4n) is 3.63. The maximum absolute atomic E-state index is 11.7. The Kier molecular flexibility index (Phi) is 8.11. The lowest BCUT2D eigenvalue weighted by molar-refractivity contribution is -0.116. The fourth-order valence-corrected chi connectivity index (χ4v) is 4.19. The normalized spacial score (nSPS) is 14.4. The minimum Gasteiger partial charge on any atom is -0.490 e. The Morgan fingerprint density at radius 2 is 1.91 bits per heavy atom. The molecule has 174 valence electrons. The van der Waals surface area contributed by atoms with Crippen molar-refractivity contribution < 1.29 is 23.1 Å². The smallest absolute Gasteiger partial charge is 0.229 e. The maximum atomic E-state index is 11.7. The van der Waals surface area contributed by atoms with Crippen molar-refractivity contribution >= 4 is 27.3 Å². The first-order valence-electron chi connectivity index (χ1n) is 10.7. The number of fused-ring (bicyclic) bond motifs is 1. The van der Waals surface area contributed by atoms with Crippen molar-refractivity contribution in [3.8, 4) is 5.75 Å². The third-order valence-electron chi connectivity index (χ3n) is 5.23. The SMILES string of the molecule is Cc1ccc(OCC(O)CNCCCc2ccc(NS(C)(=O)=O)cc2)c2c1NC(=O)CC2. The number of rotatable bonds is 11. The van der Waals surface area contributed by atoms with E-state index in [1.165, 1.54) is 0 Å². The molecule has 0 saturated heterocycles. The molecule has 0 saturated carbocycles. The van der Waals surface area contributed by atoms with Gasteiger partial charge in [-0.2, -0.15) is 0 Å². The summed E-state index contributed by atoms with van der Waals surface area (Å²) in [4.78, 5) is 11.7. The number of carbonyl (C=O) groups excluding carboxylic acids is 1. The summed E-state index contributed by atoms with van der Waals surface area (Å²) in [6.45, 7) is 3.29. The van der Waals surface area contributed by atoms with E-state index in [0.717, 1.165) is 48.0 Å². The number of hydrogen-bond acceptors (Lipinski definition) is 6. The Morgan fingerprint density at radius 3 is 2.62 bits per heavy atom. The first-order valence-corrected chi connectivity index (χ1v) is 12.6. The minimum atomic E-state index is -3.26. The number of aliphatic hydroxyl groups is 1. The predicted octanol–water partition coefficient (Wildman–Crippen LogP) is 2.21. The first kappa shape index (κ1) is 24.0. The second-order valence-electron chi connectivity index (χ2n) is 8.13. The third kappa shape index (κ3) is 7.22. The molecule has 1 atom stereocenters. The van der Waals surface area contributed by atoms with Crippen LogP contribution in [0.2, 0.25) is 0 Å². The third-order valence-corrected chi connectivity index (χ3v) is 5.84. The van der Waals surface area contributed by atoms with Gasteiger partial charge in [-0.1, -0.05) is 18.2 Å². The molecule has 0 fully saturated rings. The Hall–Kier alpha value is -2.62.